The summed E-state index contributed by atoms with van der Waals surface area (Å²) in [5.74, 6) is 1.03. The second kappa shape index (κ2) is 6.13. The molecule has 1 aromatic carbocycles. The van der Waals surface area contributed by atoms with E-state index in [0.29, 0.717) is 35.9 Å². The molecule has 5 nitrogen and oxygen atoms in total. The van der Waals surface area contributed by atoms with Gasteiger partial charge in [-0.25, -0.2) is 4.98 Å². The quantitative estimate of drug-likeness (QED) is 0.795. The predicted octanol–water partition coefficient (Wildman–Crippen LogP) is 2.98. The molecule has 0 unspecified atom stereocenters. The van der Waals surface area contributed by atoms with Crippen LogP contribution in [0.4, 0.5) is 0 Å². The molecule has 24 heavy (non-hydrogen) atoms. The van der Waals surface area contributed by atoms with Crippen molar-refractivity contribution in [3.63, 3.8) is 0 Å². The number of fused-ring (bicyclic) bond motifs is 2. The molecule has 3 heterocycles. The average Bonchev–Trinajstić information content (AvgIpc) is 3.02. The zero-order valence-electron chi connectivity index (χ0n) is 12.7. The topological polar surface area (TPSA) is 72.2 Å². The Hall–Kier alpha value is -2.60. The number of hydrogen-bond acceptors (Lipinski definition) is 5. The number of benzene rings is 1. The van der Waals surface area contributed by atoms with Crippen molar-refractivity contribution in [3.8, 4) is 0 Å². The second-order valence-electron chi connectivity index (χ2n) is 5.58. The summed E-state index contributed by atoms with van der Waals surface area (Å²) in [5.41, 5.74) is 1.80. The van der Waals surface area contributed by atoms with Gasteiger partial charge in [0.05, 0.1) is 24.4 Å². The molecule has 0 radical (unpaired) electrons. The van der Waals surface area contributed by atoms with Gasteiger partial charge in [-0.15, -0.1) is 11.8 Å². The highest BCUT2D eigenvalue weighted by molar-refractivity contribution is 8.00. The number of hydrogen-bond donors (Lipinski definition) is 1. The molecule has 1 aliphatic heterocycles. The van der Waals surface area contributed by atoms with Crippen LogP contribution in [0.2, 0.25) is 0 Å². The van der Waals surface area contributed by atoms with Gasteiger partial charge in [0.25, 0.3) is 5.91 Å². The van der Waals surface area contributed by atoms with E-state index in [-0.39, 0.29) is 11.7 Å². The Morgan fingerprint density at radius 2 is 2.12 bits per heavy atom. The summed E-state index contributed by atoms with van der Waals surface area (Å²) in [5, 5.41) is 3.81. The molecule has 4 rings (SSSR count). The van der Waals surface area contributed by atoms with Crippen molar-refractivity contribution < 1.29 is 14.0 Å². The third-order valence-electron chi connectivity index (χ3n) is 3.82. The summed E-state index contributed by atoms with van der Waals surface area (Å²) in [6.07, 6.45) is 0.299. The lowest BCUT2D eigenvalue weighted by Gasteiger charge is -2.14. The molecule has 2 aromatic heterocycles. The van der Waals surface area contributed by atoms with E-state index in [9.17, 15) is 9.59 Å². The number of carbonyl (C=O) groups is 2. The van der Waals surface area contributed by atoms with Crippen molar-refractivity contribution >= 4 is 34.4 Å². The van der Waals surface area contributed by atoms with E-state index in [0.717, 1.165) is 15.9 Å². The van der Waals surface area contributed by atoms with Gasteiger partial charge in [0.2, 0.25) is 0 Å². The fourth-order valence-electron chi connectivity index (χ4n) is 2.65. The van der Waals surface area contributed by atoms with E-state index in [1.807, 2.05) is 36.4 Å². The Labute approximate surface area is 142 Å². The third-order valence-corrected chi connectivity index (χ3v) is 4.97. The van der Waals surface area contributed by atoms with Crippen LogP contribution in [0.5, 0.6) is 0 Å². The molecule has 1 amide bonds. The van der Waals surface area contributed by atoms with E-state index in [2.05, 4.69) is 10.3 Å². The third kappa shape index (κ3) is 2.92. The molecule has 0 spiro atoms. The van der Waals surface area contributed by atoms with Crippen molar-refractivity contribution in [1.82, 2.24) is 10.3 Å². The minimum absolute atomic E-state index is 0.139. The van der Waals surface area contributed by atoms with Crippen molar-refractivity contribution in [2.75, 3.05) is 5.75 Å². The number of pyridine rings is 1. The first-order valence-corrected chi connectivity index (χ1v) is 8.58. The highest BCUT2D eigenvalue weighted by atomic mass is 32.2. The van der Waals surface area contributed by atoms with Crippen LogP contribution in [0, 0.1) is 0 Å². The fourth-order valence-corrected chi connectivity index (χ4v) is 3.52. The number of furan rings is 1. The van der Waals surface area contributed by atoms with Crippen LogP contribution in [0.1, 0.15) is 21.9 Å². The molecule has 6 heteroatoms. The van der Waals surface area contributed by atoms with Gasteiger partial charge in [0.1, 0.15) is 22.8 Å². The van der Waals surface area contributed by atoms with Crippen molar-refractivity contribution in [3.05, 3.63) is 59.6 Å². The maximum atomic E-state index is 12.3. The SMILES string of the molecule is O=C1CSc2ccc(C(=O)NCc3cc4ccccc4o3)nc2C1. The molecular formula is C18H14N2O3S. The fraction of sp³-hybridized carbons (Fsp3) is 0.167. The normalized spacial score (nSPS) is 13.8. The molecule has 0 bridgehead atoms. The molecule has 3 aromatic rings. The summed E-state index contributed by atoms with van der Waals surface area (Å²) in [6, 6.07) is 13.2. The van der Waals surface area contributed by atoms with Gasteiger partial charge >= 0.3 is 0 Å². The van der Waals surface area contributed by atoms with Crippen LogP contribution >= 0.6 is 11.8 Å². The first-order chi connectivity index (χ1) is 11.7. The lowest BCUT2D eigenvalue weighted by molar-refractivity contribution is -0.116. The molecule has 0 fully saturated rings. The Kier molecular flexibility index (Phi) is 3.82. The molecular weight excluding hydrogens is 324 g/mol. The van der Waals surface area contributed by atoms with Crippen LogP contribution < -0.4 is 5.32 Å². The van der Waals surface area contributed by atoms with E-state index < -0.39 is 0 Å². The van der Waals surface area contributed by atoms with E-state index >= 15 is 0 Å². The van der Waals surface area contributed by atoms with Crippen molar-refractivity contribution in [2.45, 2.75) is 17.9 Å². The van der Waals surface area contributed by atoms with Gasteiger partial charge in [-0.3, -0.25) is 9.59 Å². The highest BCUT2D eigenvalue weighted by Crippen LogP contribution is 2.27. The number of nitrogens with one attached hydrogen (secondary N) is 1. The molecule has 120 valence electrons. The van der Waals surface area contributed by atoms with Crippen molar-refractivity contribution in [2.24, 2.45) is 0 Å². The van der Waals surface area contributed by atoms with Crippen LogP contribution in [-0.4, -0.2) is 22.4 Å². The maximum absolute atomic E-state index is 12.3. The summed E-state index contributed by atoms with van der Waals surface area (Å²) in [7, 11) is 0. The van der Waals surface area contributed by atoms with E-state index in [1.165, 1.54) is 11.8 Å². The standard InChI is InChI=1S/C18H14N2O3S/c21-12-8-15-17(24-10-12)6-5-14(20-15)18(22)19-9-13-7-11-3-1-2-4-16(11)23-13/h1-7H,8-10H2,(H,19,22). The van der Waals surface area contributed by atoms with Gasteiger partial charge in [-0.05, 0) is 24.3 Å². The number of Topliss-reactive ketones (excluding diaryl/α,β-unsaturated/α-hetero) is 1. The Balaban J connectivity index is 1.48. The smallest absolute Gasteiger partial charge is 0.270 e. The summed E-state index contributed by atoms with van der Waals surface area (Å²) in [6.45, 7) is 0.292. The Morgan fingerprint density at radius 3 is 3.00 bits per heavy atom. The summed E-state index contributed by atoms with van der Waals surface area (Å²) >= 11 is 1.47. The number of carbonyl (C=O) groups excluding carboxylic acids is 2. The summed E-state index contributed by atoms with van der Waals surface area (Å²) in [4.78, 5) is 29.1. The van der Waals surface area contributed by atoms with Gasteiger partial charge in [0.15, 0.2) is 0 Å². The number of ketones is 1. The number of para-hydroxylation sites is 1. The first-order valence-electron chi connectivity index (χ1n) is 7.59. The first kappa shape index (κ1) is 15.0. The Bertz CT molecular complexity index is 915. The number of rotatable bonds is 3. The lowest BCUT2D eigenvalue weighted by atomic mass is 10.2. The zero-order valence-corrected chi connectivity index (χ0v) is 13.6. The molecule has 0 aliphatic carbocycles. The van der Waals surface area contributed by atoms with Crippen LogP contribution in [0.25, 0.3) is 11.0 Å². The second-order valence-corrected chi connectivity index (χ2v) is 6.60. The number of nitrogens with zero attached hydrogens (tertiary/aromatic N) is 1. The highest BCUT2D eigenvalue weighted by Gasteiger charge is 2.19. The monoisotopic (exact) mass is 338 g/mol. The van der Waals surface area contributed by atoms with Gasteiger partial charge in [-0.1, -0.05) is 18.2 Å². The van der Waals surface area contributed by atoms with Crippen LogP contribution in [0.15, 0.2) is 51.8 Å². The van der Waals surface area contributed by atoms with Gasteiger partial charge in [0, 0.05) is 10.3 Å². The van der Waals surface area contributed by atoms with Gasteiger partial charge in [-0.2, -0.15) is 0 Å². The molecule has 0 saturated heterocycles. The Morgan fingerprint density at radius 1 is 1.25 bits per heavy atom. The molecule has 1 aliphatic rings. The van der Waals surface area contributed by atoms with Crippen LogP contribution in [0.3, 0.4) is 0 Å². The minimum atomic E-state index is -0.277. The molecule has 0 saturated carbocycles. The molecule has 0 atom stereocenters. The minimum Gasteiger partial charge on any atom is -0.459 e. The average molecular weight is 338 g/mol. The summed E-state index contributed by atoms with van der Waals surface area (Å²) < 4.78 is 5.68. The van der Waals surface area contributed by atoms with E-state index in [1.54, 1.807) is 6.07 Å². The number of amides is 1. The van der Waals surface area contributed by atoms with Crippen LogP contribution in [-0.2, 0) is 17.8 Å². The lowest BCUT2D eigenvalue weighted by Crippen LogP contribution is -2.25. The van der Waals surface area contributed by atoms with E-state index in [4.69, 9.17) is 4.42 Å². The number of aromatic nitrogens is 1. The largest absolute Gasteiger partial charge is 0.459 e. The predicted molar refractivity (Wildman–Crippen MR) is 91.1 cm³/mol. The van der Waals surface area contributed by atoms with Crippen molar-refractivity contribution in [1.29, 1.82) is 0 Å². The molecule has 1 N–H and O–H groups in total. The zero-order chi connectivity index (χ0) is 16.5. The van der Waals surface area contributed by atoms with Gasteiger partial charge < -0.3 is 9.73 Å². The maximum Gasteiger partial charge on any atom is 0.270 e. The number of thioether (sulfide) groups is 1.